The summed E-state index contributed by atoms with van der Waals surface area (Å²) >= 11 is 0. The summed E-state index contributed by atoms with van der Waals surface area (Å²) in [5, 5.41) is 2.93. The zero-order valence-electron chi connectivity index (χ0n) is 11.9. The molecule has 1 saturated heterocycles. The zero-order valence-corrected chi connectivity index (χ0v) is 11.9. The lowest BCUT2D eigenvalue weighted by Gasteiger charge is -2.36. The molecule has 4 heteroatoms. The number of carbonyl (C=O) groups excluding carboxylic acids is 1. The van der Waals surface area contributed by atoms with Gasteiger partial charge in [0.2, 0.25) is 5.91 Å². The molecule has 104 valence electrons. The van der Waals surface area contributed by atoms with Gasteiger partial charge in [-0.2, -0.15) is 0 Å². The maximum Gasteiger partial charge on any atom is 0.239 e. The first-order chi connectivity index (χ1) is 9.02. The van der Waals surface area contributed by atoms with E-state index in [2.05, 4.69) is 49.2 Å². The SMILES string of the molecule is Cc1cccc(C(C)C)c1N1CC(=O)NC(CN)C1. The number of piperazine rings is 1. The zero-order chi connectivity index (χ0) is 14.0. The van der Waals surface area contributed by atoms with Crippen molar-refractivity contribution in [2.24, 2.45) is 5.73 Å². The molecule has 1 aromatic rings. The first-order valence-electron chi connectivity index (χ1n) is 6.86. The molecule has 1 aromatic carbocycles. The van der Waals surface area contributed by atoms with Crippen LogP contribution in [0.5, 0.6) is 0 Å². The van der Waals surface area contributed by atoms with Crippen molar-refractivity contribution in [1.82, 2.24) is 5.32 Å². The number of nitrogens with two attached hydrogens (primary N) is 1. The molecule has 0 aliphatic carbocycles. The molecule has 2 rings (SSSR count). The van der Waals surface area contributed by atoms with Crippen molar-refractivity contribution in [1.29, 1.82) is 0 Å². The quantitative estimate of drug-likeness (QED) is 0.864. The van der Waals surface area contributed by atoms with Gasteiger partial charge in [0.25, 0.3) is 0 Å². The van der Waals surface area contributed by atoms with Gasteiger partial charge in [-0.05, 0) is 24.0 Å². The van der Waals surface area contributed by atoms with Crippen LogP contribution in [-0.4, -0.2) is 31.6 Å². The maximum absolute atomic E-state index is 11.8. The summed E-state index contributed by atoms with van der Waals surface area (Å²) in [7, 11) is 0. The molecule has 1 amide bonds. The molecule has 1 unspecified atom stereocenters. The van der Waals surface area contributed by atoms with E-state index in [0.717, 1.165) is 6.54 Å². The molecule has 4 nitrogen and oxygen atoms in total. The highest BCUT2D eigenvalue weighted by atomic mass is 16.2. The van der Waals surface area contributed by atoms with Gasteiger partial charge in [-0.15, -0.1) is 0 Å². The Morgan fingerprint density at radius 2 is 2.21 bits per heavy atom. The summed E-state index contributed by atoms with van der Waals surface area (Å²) in [6.45, 7) is 8.15. The number of para-hydroxylation sites is 1. The molecule has 0 bridgehead atoms. The number of nitrogens with zero attached hydrogens (tertiary/aromatic N) is 1. The first-order valence-corrected chi connectivity index (χ1v) is 6.86. The van der Waals surface area contributed by atoms with Gasteiger partial charge in [0.15, 0.2) is 0 Å². The van der Waals surface area contributed by atoms with Crippen LogP contribution in [0.25, 0.3) is 0 Å². The minimum atomic E-state index is 0.0425. The molecular formula is C15H23N3O. The van der Waals surface area contributed by atoms with Crippen LogP contribution >= 0.6 is 0 Å². The number of hydrogen-bond donors (Lipinski definition) is 2. The van der Waals surface area contributed by atoms with Gasteiger partial charge in [-0.1, -0.05) is 32.0 Å². The first kappa shape index (κ1) is 13.9. The third kappa shape index (κ3) is 2.89. The lowest BCUT2D eigenvalue weighted by Crippen LogP contribution is -2.57. The van der Waals surface area contributed by atoms with E-state index in [9.17, 15) is 4.79 Å². The molecule has 1 aliphatic heterocycles. The number of rotatable bonds is 3. The van der Waals surface area contributed by atoms with E-state index in [0.29, 0.717) is 19.0 Å². The molecule has 0 aromatic heterocycles. The molecule has 1 heterocycles. The van der Waals surface area contributed by atoms with E-state index >= 15 is 0 Å². The molecule has 1 atom stereocenters. The molecule has 0 spiro atoms. The smallest absolute Gasteiger partial charge is 0.239 e. The van der Waals surface area contributed by atoms with Crippen LogP contribution in [0.15, 0.2) is 18.2 Å². The Morgan fingerprint density at radius 3 is 2.84 bits per heavy atom. The fourth-order valence-electron chi connectivity index (χ4n) is 2.71. The predicted molar refractivity (Wildman–Crippen MR) is 78.5 cm³/mol. The Morgan fingerprint density at radius 1 is 1.47 bits per heavy atom. The second-order valence-corrected chi connectivity index (χ2v) is 5.55. The number of nitrogens with one attached hydrogen (secondary N) is 1. The molecule has 19 heavy (non-hydrogen) atoms. The van der Waals surface area contributed by atoms with Crippen LogP contribution in [0.2, 0.25) is 0 Å². The van der Waals surface area contributed by atoms with Gasteiger partial charge >= 0.3 is 0 Å². The van der Waals surface area contributed by atoms with Gasteiger partial charge < -0.3 is 16.0 Å². The molecular weight excluding hydrogens is 238 g/mol. The highest BCUT2D eigenvalue weighted by Crippen LogP contribution is 2.31. The van der Waals surface area contributed by atoms with E-state index in [1.54, 1.807) is 0 Å². The van der Waals surface area contributed by atoms with Crippen molar-refractivity contribution in [2.45, 2.75) is 32.7 Å². The van der Waals surface area contributed by atoms with Crippen LogP contribution in [-0.2, 0) is 4.79 Å². The molecule has 0 radical (unpaired) electrons. The Kier molecular flexibility index (Phi) is 4.10. The predicted octanol–water partition coefficient (Wildman–Crippen LogP) is 1.38. The standard InChI is InChI=1S/C15H23N3O/c1-10(2)13-6-4-5-11(3)15(13)18-8-12(7-16)17-14(19)9-18/h4-6,10,12H,7-9,16H2,1-3H3,(H,17,19). The lowest BCUT2D eigenvalue weighted by atomic mass is 9.96. The van der Waals surface area contributed by atoms with E-state index in [1.807, 2.05) is 0 Å². The van der Waals surface area contributed by atoms with E-state index in [4.69, 9.17) is 5.73 Å². The van der Waals surface area contributed by atoms with Gasteiger partial charge in [-0.25, -0.2) is 0 Å². The van der Waals surface area contributed by atoms with Crippen molar-refractivity contribution in [3.8, 4) is 0 Å². The molecule has 1 fully saturated rings. The number of anilines is 1. The minimum absolute atomic E-state index is 0.0425. The van der Waals surface area contributed by atoms with Gasteiger partial charge in [0.1, 0.15) is 0 Å². The average Bonchev–Trinajstić information content (AvgIpc) is 2.37. The maximum atomic E-state index is 11.8. The molecule has 3 N–H and O–H groups in total. The normalized spacial score (nSPS) is 19.7. The third-order valence-corrected chi connectivity index (χ3v) is 3.63. The fourth-order valence-corrected chi connectivity index (χ4v) is 2.71. The van der Waals surface area contributed by atoms with Crippen LogP contribution in [0, 0.1) is 6.92 Å². The summed E-state index contributed by atoms with van der Waals surface area (Å²) in [6.07, 6.45) is 0. The monoisotopic (exact) mass is 261 g/mol. The van der Waals surface area contributed by atoms with Crippen LogP contribution in [0.3, 0.4) is 0 Å². The summed E-state index contributed by atoms with van der Waals surface area (Å²) in [6, 6.07) is 6.38. The second kappa shape index (κ2) is 5.61. The number of amides is 1. The van der Waals surface area contributed by atoms with Crippen molar-refractivity contribution >= 4 is 11.6 Å². The summed E-state index contributed by atoms with van der Waals surface area (Å²) in [4.78, 5) is 14.0. The van der Waals surface area contributed by atoms with Crippen LogP contribution < -0.4 is 16.0 Å². The minimum Gasteiger partial charge on any atom is -0.360 e. The number of hydrogen-bond acceptors (Lipinski definition) is 3. The number of aryl methyl sites for hydroxylation is 1. The second-order valence-electron chi connectivity index (χ2n) is 5.55. The lowest BCUT2D eigenvalue weighted by molar-refractivity contribution is -0.121. The Balaban J connectivity index is 2.37. The summed E-state index contributed by atoms with van der Waals surface area (Å²) < 4.78 is 0. The summed E-state index contributed by atoms with van der Waals surface area (Å²) in [5.41, 5.74) is 9.42. The van der Waals surface area contributed by atoms with Crippen molar-refractivity contribution < 1.29 is 4.79 Å². The Hall–Kier alpha value is -1.55. The fraction of sp³-hybridized carbons (Fsp3) is 0.533. The van der Waals surface area contributed by atoms with E-state index < -0.39 is 0 Å². The highest BCUT2D eigenvalue weighted by Gasteiger charge is 2.26. The third-order valence-electron chi connectivity index (χ3n) is 3.63. The molecule has 0 saturated carbocycles. The largest absolute Gasteiger partial charge is 0.360 e. The van der Waals surface area contributed by atoms with E-state index in [1.165, 1.54) is 16.8 Å². The van der Waals surface area contributed by atoms with Crippen molar-refractivity contribution in [3.05, 3.63) is 29.3 Å². The van der Waals surface area contributed by atoms with Crippen LogP contribution in [0.1, 0.15) is 30.9 Å². The van der Waals surface area contributed by atoms with Gasteiger partial charge in [-0.3, -0.25) is 4.79 Å². The van der Waals surface area contributed by atoms with E-state index in [-0.39, 0.29) is 11.9 Å². The summed E-state index contributed by atoms with van der Waals surface area (Å²) in [5.74, 6) is 0.496. The van der Waals surface area contributed by atoms with Gasteiger partial charge in [0.05, 0.1) is 12.6 Å². The number of carbonyl (C=O) groups is 1. The Labute approximate surface area is 115 Å². The molecule has 1 aliphatic rings. The Bertz CT molecular complexity index is 470. The van der Waals surface area contributed by atoms with Gasteiger partial charge in [0, 0.05) is 18.8 Å². The van der Waals surface area contributed by atoms with Crippen molar-refractivity contribution in [3.63, 3.8) is 0 Å². The van der Waals surface area contributed by atoms with Crippen LogP contribution in [0.4, 0.5) is 5.69 Å². The van der Waals surface area contributed by atoms with Crippen molar-refractivity contribution in [2.75, 3.05) is 24.5 Å². The average molecular weight is 261 g/mol. The number of benzene rings is 1. The highest BCUT2D eigenvalue weighted by molar-refractivity contribution is 5.84. The topological polar surface area (TPSA) is 58.4 Å².